The summed E-state index contributed by atoms with van der Waals surface area (Å²) in [5, 5.41) is 0. The van der Waals surface area contributed by atoms with Gasteiger partial charge in [-0.2, -0.15) is 0 Å². The van der Waals surface area contributed by atoms with Crippen LogP contribution in [0.3, 0.4) is 0 Å². The minimum Gasteiger partial charge on any atom is -0.355 e. The fourth-order valence-electron chi connectivity index (χ4n) is 1.38. The number of rotatable bonds is 4. The van der Waals surface area contributed by atoms with Crippen LogP contribution in [0.1, 0.15) is 19.4 Å². The average Bonchev–Trinajstić information content (AvgIpc) is 2.15. The molecule has 1 aromatic rings. The first kappa shape index (κ1) is 11.0. The summed E-state index contributed by atoms with van der Waals surface area (Å²) < 4.78 is 0. The molecule has 1 unspecified atom stereocenters. The number of anilines is 1. The Kier molecular flexibility index (Phi) is 3.89. The zero-order valence-electron chi connectivity index (χ0n) is 9.20. The number of aryl methyl sites for hydroxylation is 1. The summed E-state index contributed by atoms with van der Waals surface area (Å²) >= 11 is 0. The Balaban J connectivity index is 2.73. The van der Waals surface area contributed by atoms with Gasteiger partial charge in [-0.15, -0.1) is 0 Å². The van der Waals surface area contributed by atoms with Crippen LogP contribution in [0.15, 0.2) is 18.3 Å². The molecule has 0 saturated carbocycles. The topological polar surface area (TPSA) is 42.1 Å². The molecule has 0 bridgehead atoms. The molecule has 1 heterocycles. The largest absolute Gasteiger partial charge is 0.355 e. The molecule has 0 saturated heterocycles. The van der Waals surface area contributed by atoms with E-state index in [-0.39, 0.29) is 6.04 Å². The third-order valence-electron chi connectivity index (χ3n) is 2.11. The van der Waals surface area contributed by atoms with E-state index in [4.69, 9.17) is 5.73 Å². The van der Waals surface area contributed by atoms with Crippen LogP contribution in [0.4, 0.5) is 5.82 Å². The number of pyridine rings is 1. The maximum Gasteiger partial charge on any atom is 0.128 e. The second-order valence-electron chi connectivity index (χ2n) is 3.71. The summed E-state index contributed by atoms with van der Waals surface area (Å²) in [6, 6.07) is 4.30. The van der Waals surface area contributed by atoms with E-state index in [1.165, 1.54) is 5.56 Å². The van der Waals surface area contributed by atoms with Crippen molar-refractivity contribution in [2.24, 2.45) is 5.73 Å². The molecule has 3 heteroatoms. The summed E-state index contributed by atoms with van der Waals surface area (Å²) in [4.78, 5) is 6.56. The van der Waals surface area contributed by atoms with Crippen molar-refractivity contribution in [1.82, 2.24) is 4.98 Å². The van der Waals surface area contributed by atoms with Crippen molar-refractivity contribution >= 4 is 5.82 Å². The zero-order chi connectivity index (χ0) is 10.6. The molecule has 14 heavy (non-hydrogen) atoms. The van der Waals surface area contributed by atoms with Crippen LogP contribution >= 0.6 is 0 Å². The van der Waals surface area contributed by atoms with Crippen molar-refractivity contribution in [3.05, 3.63) is 23.9 Å². The number of hydrogen-bond acceptors (Lipinski definition) is 3. The molecule has 0 aromatic carbocycles. The molecule has 0 radical (unpaired) electrons. The molecule has 1 rings (SSSR count). The normalized spacial score (nSPS) is 12.6. The third kappa shape index (κ3) is 3.00. The molecule has 0 aliphatic rings. The lowest BCUT2D eigenvalue weighted by atomic mass is 10.3. The average molecular weight is 193 g/mol. The first-order valence-electron chi connectivity index (χ1n) is 5.06. The fourth-order valence-corrected chi connectivity index (χ4v) is 1.38. The van der Waals surface area contributed by atoms with Crippen molar-refractivity contribution in [3.63, 3.8) is 0 Å². The van der Waals surface area contributed by atoms with E-state index < -0.39 is 0 Å². The maximum absolute atomic E-state index is 5.77. The predicted molar refractivity (Wildman–Crippen MR) is 60.5 cm³/mol. The molecular weight excluding hydrogens is 174 g/mol. The van der Waals surface area contributed by atoms with Crippen LogP contribution in [0.5, 0.6) is 0 Å². The number of hydrogen-bond donors (Lipinski definition) is 1. The van der Waals surface area contributed by atoms with E-state index in [9.17, 15) is 0 Å². The molecule has 1 aromatic heterocycles. The van der Waals surface area contributed by atoms with Crippen molar-refractivity contribution < 1.29 is 0 Å². The molecule has 3 nitrogen and oxygen atoms in total. The van der Waals surface area contributed by atoms with E-state index in [1.807, 2.05) is 26.1 Å². The van der Waals surface area contributed by atoms with Gasteiger partial charge in [0, 0.05) is 25.3 Å². The highest BCUT2D eigenvalue weighted by Gasteiger charge is 2.06. The highest BCUT2D eigenvalue weighted by atomic mass is 15.2. The third-order valence-corrected chi connectivity index (χ3v) is 2.11. The van der Waals surface area contributed by atoms with Crippen molar-refractivity contribution in [1.29, 1.82) is 0 Å². The van der Waals surface area contributed by atoms with E-state index in [2.05, 4.69) is 22.9 Å². The van der Waals surface area contributed by atoms with Gasteiger partial charge in [-0.05, 0) is 32.4 Å². The Hall–Kier alpha value is -1.09. The summed E-state index contributed by atoms with van der Waals surface area (Å²) in [6.45, 7) is 7.96. The molecule has 2 N–H and O–H groups in total. The van der Waals surface area contributed by atoms with E-state index >= 15 is 0 Å². The first-order chi connectivity index (χ1) is 6.63. The van der Waals surface area contributed by atoms with E-state index in [0.717, 1.165) is 18.9 Å². The van der Waals surface area contributed by atoms with Crippen molar-refractivity contribution in [2.75, 3.05) is 18.0 Å². The highest BCUT2D eigenvalue weighted by Crippen LogP contribution is 2.10. The van der Waals surface area contributed by atoms with Crippen LogP contribution < -0.4 is 10.6 Å². The quantitative estimate of drug-likeness (QED) is 0.789. The number of nitrogens with zero attached hydrogens (tertiary/aromatic N) is 2. The van der Waals surface area contributed by atoms with Gasteiger partial charge < -0.3 is 10.6 Å². The Bertz CT molecular complexity index is 266. The second-order valence-corrected chi connectivity index (χ2v) is 3.71. The number of nitrogens with two attached hydrogens (primary N) is 1. The molecular formula is C11H19N3. The maximum atomic E-state index is 5.77. The van der Waals surface area contributed by atoms with Crippen LogP contribution in [0.25, 0.3) is 0 Å². The Morgan fingerprint density at radius 1 is 1.50 bits per heavy atom. The van der Waals surface area contributed by atoms with Crippen LogP contribution in [0, 0.1) is 6.92 Å². The number of aromatic nitrogens is 1. The molecule has 0 amide bonds. The van der Waals surface area contributed by atoms with Crippen LogP contribution in [0.2, 0.25) is 0 Å². The SMILES string of the molecule is CCN(CC(C)N)c1ccc(C)cn1. The minimum absolute atomic E-state index is 0.179. The fraction of sp³-hybridized carbons (Fsp3) is 0.545. The zero-order valence-corrected chi connectivity index (χ0v) is 9.20. The number of likely N-dealkylation sites (N-methyl/N-ethyl adjacent to an activating group) is 1. The standard InChI is InChI=1S/C11H19N3/c1-4-14(8-10(3)12)11-6-5-9(2)7-13-11/h5-7,10H,4,8,12H2,1-3H3. The van der Waals surface area contributed by atoms with Crippen LogP contribution in [-0.4, -0.2) is 24.1 Å². The molecule has 0 aliphatic carbocycles. The summed E-state index contributed by atoms with van der Waals surface area (Å²) in [5.74, 6) is 1.01. The Morgan fingerprint density at radius 2 is 2.21 bits per heavy atom. The van der Waals surface area contributed by atoms with Gasteiger partial charge in [0.1, 0.15) is 5.82 Å². The van der Waals surface area contributed by atoms with E-state index in [0.29, 0.717) is 0 Å². The van der Waals surface area contributed by atoms with Gasteiger partial charge >= 0.3 is 0 Å². The van der Waals surface area contributed by atoms with Gasteiger partial charge in [-0.3, -0.25) is 0 Å². The molecule has 0 spiro atoms. The monoisotopic (exact) mass is 193 g/mol. The molecule has 1 atom stereocenters. The second kappa shape index (κ2) is 4.96. The van der Waals surface area contributed by atoms with Crippen LogP contribution in [-0.2, 0) is 0 Å². The van der Waals surface area contributed by atoms with Gasteiger partial charge in [0.05, 0.1) is 0 Å². The van der Waals surface area contributed by atoms with Gasteiger partial charge in [0.15, 0.2) is 0 Å². The molecule has 0 fully saturated rings. The Morgan fingerprint density at radius 3 is 2.64 bits per heavy atom. The molecule has 0 aliphatic heterocycles. The van der Waals surface area contributed by atoms with Crippen molar-refractivity contribution in [2.45, 2.75) is 26.8 Å². The predicted octanol–water partition coefficient (Wildman–Crippen LogP) is 1.56. The van der Waals surface area contributed by atoms with Gasteiger partial charge in [0.2, 0.25) is 0 Å². The molecule has 78 valence electrons. The lowest BCUT2D eigenvalue weighted by Crippen LogP contribution is -2.35. The lowest BCUT2D eigenvalue weighted by Gasteiger charge is -2.23. The van der Waals surface area contributed by atoms with Gasteiger partial charge in [-0.1, -0.05) is 6.07 Å². The smallest absolute Gasteiger partial charge is 0.128 e. The summed E-state index contributed by atoms with van der Waals surface area (Å²) in [6.07, 6.45) is 1.89. The van der Waals surface area contributed by atoms with Crippen molar-refractivity contribution in [3.8, 4) is 0 Å². The highest BCUT2D eigenvalue weighted by molar-refractivity contribution is 5.39. The minimum atomic E-state index is 0.179. The van der Waals surface area contributed by atoms with E-state index in [1.54, 1.807) is 0 Å². The Labute approximate surface area is 85.9 Å². The lowest BCUT2D eigenvalue weighted by molar-refractivity contribution is 0.683. The van der Waals surface area contributed by atoms with Gasteiger partial charge in [0.25, 0.3) is 0 Å². The summed E-state index contributed by atoms with van der Waals surface area (Å²) in [5.41, 5.74) is 6.95. The first-order valence-corrected chi connectivity index (χ1v) is 5.06. The summed E-state index contributed by atoms with van der Waals surface area (Å²) in [7, 11) is 0. The van der Waals surface area contributed by atoms with Gasteiger partial charge in [-0.25, -0.2) is 4.98 Å².